The largest absolute Gasteiger partial charge is 0.374 e. The molecule has 1 saturated heterocycles. The predicted octanol–water partition coefficient (Wildman–Crippen LogP) is 1.76. The van der Waals surface area contributed by atoms with E-state index >= 15 is 0 Å². The predicted molar refractivity (Wildman–Crippen MR) is 70.4 cm³/mol. The molecule has 0 saturated carbocycles. The molecule has 1 fully saturated rings. The third-order valence-corrected chi connectivity index (χ3v) is 3.10. The molecular weight excluding hydrogens is 236 g/mol. The average molecular weight is 255 g/mol. The van der Waals surface area contributed by atoms with Crippen molar-refractivity contribution in [3.63, 3.8) is 0 Å². The SMILES string of the molecule is CN(Cc1cccc(Cl)c1)CC1CNCCO1. The molecule has 4 heteroatoms. The van der Waals surface area contributed by atoms with E-state index in [4.69, 9.17) is 16.3 Å². The summed E-state index contributed by atoms with van der Waals surface area (Å²) >= 11 is 5.97. The Morgan fingerprint density at radius 3 is 3.12 bits per heavy atom. The number of nitrogens with one attached hydrogen (secondary N) is 1. The highest BCUT2D eigenvalue weighted by Gasteiger charge is 2.15. The van der Waals surface area contributed by atoms with Gasteiger partial charge in [0.05, 0.1) is 12.7 Å². The molecule has 1 N–H and O–H groups in total. The Kier molecular flexibility index (Phi) is 4.80. The molecule has 1 aliphatic heterocycles. The molecule has 0 spiro atoms. The number of hydrogen-bond donors (Lipinski definition) is 1. The van der Waals surface area contributed by atoms with E-state index in [2.05, 4.69) is 23.3 Å². The Labute approximate surface area is 108 Å². The van der Waals surface area contributed by atoms with E-state index in [0.29, 0.717) is 6.10 Å². The summed E-state index contributed by atoms with van der Waals surface area (Å²) in [7, 11) is 2.11. The number of nitrogens with zero attached hydrogens (tertiary/aromatic N) is 1. The highest BCUT2D eigenvalue weighted by atomic mass is 35.5. The maximum absolute atomic E-state index is 5.97. The van der Waals surface area contributed by atoms with E-state index in [1.807, 2.05) is 18.2 Å². The molecule has 0 aliphatic carbocycles. The molecule has 1 unspecified atom stereocenters. The smallest absolute Gasteiger partial charge is 0.0826 e. The molecule has 2 rings (SSSR count). The second-order valence-corrected chi connectivity index (χ2v) is 4.96. The maximum Gasteiger partial charge on any atom is 0.0826 e. The van der Waals surface area contributed by atoms with Crippen LogP contribution in [0.4, 0.5) is 0 Å². The summed E-state index contributed by atoms with van der Waals surface area (Å²) in [4.78, 5) is 2.27. The van der Waals surface area contributed by atoms with Crippen LogP contribution in [0.2, 0.25) is 5.02 Å². The van der Waals surface area contributed by atoms with Crippen molar-refractivity contribution in [2.75, 3.05) is 33.3 Å². The Morgan fingerprint density at radius 2 is 2.41 bits per heavy atom. The van der Waals surface area contributed by atoms with Gasteiger partial charge in [0.2, 0.25) is 0 Å². The van der Waals surface area contributed by atoms with Crippen molar-refractivity contribution < 1.29 is 4.74 Å². The first-order chi connectivity index (χ1) is 8.24. The number of morpholine rings is 1. The van der Waals surface area contributed by atoms with Crippen LogP contribution in [0, 0.1) is 0 Å². The third kappa shape index (κ3) is 4.28. The number of rotatable bonds is 4. The van der Waals surface area contributed by atoms with Gasteiger partial charge >= 0.3 is 0 Å². The highest BCUT2D eigenvalue weighted by molar-refractivity contribution is 6.30. The van der Waals surface area contributed by atoms with Gasteiger partial charge in [-0.1, -0.05) is 23.7 Å². The second-order valence-electron chi connectivity index (χ2n) is 4.52. The molecule has 1 heterocycles. The van der Waals surface area contributed by atoms with Gasteiger partial charge in [-0.05, 0) is 24.7 Å². The fraction of sp³-hybridized carbons (Fsp3) is 0.538. The average Bonchev–Trinajstić information content (AvgIpc) is 2.30. The first-order valence-electron chi connectivity index (χ1n) is 5.99. The Hall–Kier alpha value is -0.610. The van der Waals surface area contributed by atoms with Gasteiger partial charge in [0.25, 0.3) is 0 Å². The van der Waals surface area contributed by atoms with Gasteiger partial charge in [-0.2, -0.15) is 0 Å². The minimum atomic E-state index is 0.299. The number of halogens is 1. The second kappa shape index (κ2) is 6.36. The molecule has 0 bridgehead atoms. The van der Waals surface area contributed by atoms with Crippen LogP contribution < -0.4 is 5.32 Å². The fourth-order valence-corrected chi connectivity index (χ4v) is 2.31. The van der Waals surface area contributed by atoms with Crippen LogP contribution in [0.25, 0.3) is 0 Å². The molecule has 3 nitrogen and oxygen atoms in total. The zero-order valence-corrected chi connectivity index (χ0v) is 10.9. The van der Waals surface area contributed by atoms with Gasteiger partial charge in [-0.25, -0.2) is 0 Å². The lowest BCUT2D eigenvalue weighted by Gasteiger charge is -2.28. The minimum Gasteiger partial charge on any atom is -0.374 e. The molecule has 0 radical (unpaired) electrons. The van der Waals surface area contributed by atoms with Crippen LogP contribution in [0.3, 0.4) is 0 Å². The summed E-state index contributed by atoms with van der Waals surface area (Å²) < 4.78 is 5.68. The molecule has 1 atom stereocenters. The maximum atomic E-state index is 5.97. The molecule has 17 heavy (non-hydrogen) atoms. The molecule has 94 valence electrons. The van der Waals surface area contributed by atoms with Crippen LogP contribution >= 0.6 is 11.6 Å². The van der Waals surface area contributed by atoms with E-state index in [1.165, 1.54) is 5.56 Å². The zero-order chi connectivity index (χ0) is 12.1. The lowest BCUT2D eigenvalue weighted by Crippen LogP contribution is -2.44. The van der Waals surface area contributed by atoms with Gasteiger partial charge in [0.1, 0.15) is 0 Å². The van der Waals surface area contributed by atoms with E-state index in [-0.39, 0.29) is 0 Å². The van der Waals surface area contributed by atoms with Crippen LogP contribution in [-0.2, 0) is 11.3 Å². The molecule has 1 aromatic carbocycles. The van der Waals surface area contributed by atoms with E-state index in [9.17, 15) is 0 Å². The highest BCUT2D eigenvalue weighted by Crippen LogP contribution is 2.12. The molecular formula is C13H19ClN2O. The molecule has 1 aliphatic rings. The first-order valence-corrected chi connectivity index (χ1v) is 6.37. The third-order valence-electron chi connectivity index (χ3n) is 2.86. The van der Waals surface area contributed by atoms with Crippen molar-refractivity contribution in [3.8, 4) is 0 Å². The number of ether oxygens (including phenoxy) is 1. The molecule has 1 aromatic rings. The van der Waals surface area contributed by atoms with Crippen LogP contribution in [0.5, 0.6) is 0 Å². The van der Waals surface area contributed by atoms with Gasteiger partial charge in [-0.3, -0.25) is 4.90 Å². The van der Waals surface area contributed by atoms with E-state index in [1.54, 1.807) is 0 Å². The number of hydrogen-bond acceptors (Lipinski definition) is 3. The lowest BCUT2D eigenvalue weighted by atomic mass is 10.2. The van der Waals surface area contributed by atoms with Gasteiger partial charge < -0.3 is 10.1 Å². The van der Waals surface area contributed by atoms with Crippen molar-refractivity contribution in [3.05, 3.63) is 34.9 Å². The van der Waals surface area contributed by atoms with E-state index in [0.717, 1.165) is 37.8 Å². The molecule has 0 aromatic heterocycles. The zero-order valence-electron chi connectivity index (χ0n) is 10.2. The summed E-state index contributed by atoms with van der Waals surface area (Å²) in [6.45, 7) is 4.57. The van der Waals surface area contributed by atoms with Gasteiger partial charge in [0.15, 0.2) is 0 Å². The van der Waals surface area contributed by atoms with Crippen molar-refractivity contribution in [1.29, 1.82) is 0 Å². The number of likely N-dealkylation sites (N-methyl/N-ethyl adjacent to an activating group) is 1. The normalized spacial score (nSPS) is 20.8. The molecule has 0 amide bonds. The van der Waals surface area contributed by atoms with Crippen molar-refractivity contribution in [2.24, 2.45) is 0 Å². The quantitative estimate of drug-likeness (QED) is 0.886. The van der Waals surface area contributed by atoms with Gasteiger partial charge in [0, 0.05) is 31.2 Å². The fourth-order valence-electron chi connectivity index (χ4n) is 2.10. The summed E-state index contributed by atoms with van der Waals surface area (Å²) in [6, 6.07) is 8.00. The summed E-state index contributed by atoms with van der Waals surface area (Å²) in [6.07, 6.45) is 0.299. The Bertz CT molecular complexity index is 353. The first kappa shape index (κ1) is 12.8. The van der Waals surface area contributed by atoms with Crippen molar-refractivity contribution >= 4 is 11.6 Å². The van der Waals surface area contributed by atoms with Gasteiger partial charge in [-0.15, -0.1) is 0 Å². The lowest BCUT2D eigenvalue weighted by molar-refractivity contribution is 0.00885. The van der Waals surface area contributed by atoms with Crippen LogP contribution in [0.15, 0.2) is 24.3 Å². The summed E-state index contributed by atoms with van der Waals surface area (Å²) in [5.41, 5.74) is 1.24. The van der Waals surface area contributed by atoms with Crippen LogP contribution in [-0.4, -0.2) is 44.3 Å². The van der Waals surface area contributed by atoms with Crippen molar-refractivity contribution in [2.45, 2.75) is 12.6 Å². The van der Waals surface area contributed by atoms with E-state index < -0.39 is 0 Å². The Morgan fingerprint density at radius 1 is 1.53 bits per heavy atom. The summed E-state index contributed by atoms with van der Waals surface area (Å²) in [5, 5.41) is 4.14. The minimum absolute atomic E-state index is 0.299. The van der Waals surface area contributed by atoms with Crippen LogP contribution in [0.1, 0.15) is 5.56 Å². The Balaban J connectivity index is 1.82. The number of benzene rings is 1. The monoisotopic (exact) mass is 254 g/mol. The summed E-state index contributed by atoms with van der Waals surface area (Å²) in [5.74, 6) is 0. The van der Waals surface area contributed by atoms with Crippen molar-refractivity contribution in [1.82, 2.24) is 10.2 Å². The topological polar surface area (TPSA) is 24.5 Å². The standard InChI is InChI=1S/C13H19ClN2O/c1-16(10-13-8-15-5-6-17-13)9-11-3-2-4-12(14)7-11/h2-4,7,13,15H,5-6,8-10H2,1H3.